The molecule has 1 saturated carbocycles. The van der Waals surface area contributed by atoms with Crippen molar-refractivity contribution in [2.45, 2.75) is 45.7 Å². The lowest BCUT2D eigenvalue weighted by Crippen LogP contribution is -2.37. The van der Waals surface area contributed by atoms with E-state index in [9.17, 15) is 4.79 Å². The topological polar surface area (TPSA) is 58.8 Å². The van der Waals surface area contributed by atoms with Crippen LogP contribution in [-0.4, -0.2) is 48.3 Å². The zero-order chi connectivity index (χ0) is 18.8. The predicted octanol–water partition coefficient (Wildman–Crippen LogP) is 3.39. The summed E-state index contributed by atoms with van der Waals surface area (Å²) >= 11 is 0. The van der Waals surface area contributed by atoms with Gasteiger partial charge in [-0.3, -0.25) is 4.79 Å². The molecule has 0 radical (unpaired) electrons. The van der Waals surface area contributed by atoms with Gasteiger partial charge in [-0.05, 0) is 25.8 Å². The second-order valence-corrected chi connectivity index (χ2v) is 7.39. The maximum Gasteiger partial charge on any atom is 0.233 e. The number of rotatable bonds is 6. The van der Waals surface area contributed by atoms with Crippen LogP contribution in [0.1, 0.15) is 37.3 Å². The molecular formula is C21H27N3O3. The highest BCUT2D eigenvalue weighted by Gasteiger charge is 2.34. The molecule has 0 unspecified atom stereocenters. The van der Waals surface area contributed by atoms with E-state index in [1.807, 2.05) is 17.9 Å². The van der Waals surface area contributed by atoms with Gasteiger partial charge in [0.05, 0.1) is 25.3 Å². The van der Waals surface area contributed by atoms with E-state index >= 15 is 0 Å². The van der Waals surface area contributed by atoms with E-state index in [1.165, 1.54) is 5.56 Å². The number of morpholine rings is 1. The van der Waals surface area contributed by atoms with Gasteiger partial charge in [0.25, 0.3) is 0 Å². The third-order valence-electron chi connectivity index (χ3n) is 5.30. The second-order valence-electron chi connectivity index (χ2n) is 7.39. The largest absolute Gasteiger partial charge is 0.378 e. The Kier molecular flexibility index (Phi) is 5.16. The van der Waals surface area contributed by atoms with Gasteiger partial charge in [-0.1, -0.05) is 35.8 Å². The summed E-state index contributed by atoms with van der Waals surface area (Å²) in [4.78, 5) is 16.7. The molecule has 2 aliphatic rings. The zero-order valence-electron chi connectivity index (χ0n) is 16.1. The van der Waals surface area contributed by atoms with Crippen LogP contribution in [0.5, 0.6) is 0 Å². The van der Waals surface area contributed by atoms with Gasteiger partial charge < -0.3 is 19.1 Å². The quantitative estimate of drug-likeness (QED) is 0.781. The summed E-state index contributed by atoms with van der Waals surface area (Å²) in [6.07, 6.45) is 2.70. The Hall–Kier alpha value is -2.34. The summed E-state index contributed by atoms with van der Waals surface area (Å²) in [6.45, 7) is 7.47. The molecule has 1 aromatic carbocycles. The van der Waals surface area contributed by atoms with Crippen LogP contribution in [0.25, 0.3) is 11.3 Å². The first-order valence-electron chi connectivity index (χ1n) is 9.85. The maximum absolute atomic E-state index is 12.6. The van der Waals surface area contributed by atoms with Gasteiger partial charge in [0.1, 0.15) is 5.69 Å². The smallest absolute Gasteiger partial charge is 0.233 e. The molecule has 1 aliphatic carbocycles. The van der Waals surface area contributed by atoms with Crippen LogP contribution in [0, 0.1) is 6.92 Å². The number of amides is 1. The fraction of sp³-hybridized carbons (Fsp3) is 0.524. The molecule has 2 fully saturated rings. The number of carbonyl (C=O) groups is 1. The first kappa shape index (κ1) is 18.0. The Bertz CT molecular complexity index is 807. The van der Waals surface area contributed by atoms with Crippen molar-refractivity contribution in [1.29, 1.82) is 0 Å². The van der Waals surface area contributed by atoms with Gasteiger partial charge in [0, 0.05) is 31.1 Å². The number of aryl methyl sites for hydroxylation is 1. The molecule has 144 valence electrons. The standard InChI is InChI=1S/C21H27N3O3/c1-3-19(25)24(17-7-8-17)14-18-20(16-6-4-5-15(2)13-16)22-27-21(18)23-9-11-26-12-10-23/h4-6,13,17H,3,7-12,14H2,1-2H3. The van der Waals surface area contributed by atoms with Crippen molar-refractivity contribution in [3.63, 3.8) is 0 Å². The normalized spacial score (nSPS) is 17.2. The first-order chi connectivity index (χ1) is 13.2. The third-order valence-corrected chi connectivity index (χ3v) is 5.30. The Balaban J connectivity index is 1.73. The molecular weight excluding hydrogens is 342 g/mol. The van der Waals surface area contributed by atoms with Crippen molar-refractivity contribution < 1.29 is 14.1 Å². The molecule has 6 heteroatoms. The number of ether oxygens (including phenoxy) is 1. The molecule has 1 saturated heterocycles. The molecule has 6 nitrogen and oxygen atoms in total. The zero-order valence-corrected chi connectivity index (χ0v) is 16.1. The highest BCUT2D eigenvalue weighted by atomic mass is 16.5. The van der Waals surface area contributed by atoms with Gasteiger partial charge in [-0.15, -0.1) is 0 Å². The van der Waals surface area contributed by atoms with Crippen molar-refractivity contribution in [3.8, 4) is 11.3 Å². The van der Waals surface area contributed by atoms with Crippen molar-refractivity contribution in [1.82, 2.24) is 10.1 Å². The molecule has 1 aromatic heterocycles. The minimum absolute atomic E-state index is 0.196. The molecule has 4 rings (SSSR count). The van der Waals surface area contributed by atoms with E-state index in [2.05, 4.69) is 35.2 Å². The Labute approximate surface area is 160 Å². The van der Waals surface area contributed by atoms with Crippen molar-refractivity contribution in [2.24, 2.45) is 0 Å². The minimum atomic E-state index is 0.196. The van der Waals surface area contributed by atoms with Crippen LogP contribution in [0.4, 0.5) is 5.88 Å². The number of nitrogens with zero attached hydrogens (tertiary/aromatic N) is 3. The van der Waals surface area contributed by atoms with Gasteiger partial charge >= 0.3 is 0 Å². The summed E-state index contributed by atoms with van der Waals surface area (Å²) in [5.74, 6) is 0.978. The van der Waals surface area contributed by atoms with Gasteiger partial charge in [-0.25, -0.2) is 0 Å². The maximum atomic E-state index is 12.6. The SMILES string of the molecule is CCC(=O)N(Cc1c(-c2cccc(C)c2)noc1N1CCOCC1)C1CC1. The Morgan fingerprint density at radius 2 is 2.07 bits per heavy atom. The monoisotopic (exact) mass is 369 g/mol. The van der Waals surface area contributed by atoms with Gasteiger partial charge in [0.2, 0.25) is 11.8 Å². The minimum Gasteiger partial charge on any atom is -0.378 e. The molecule has 0 bridgehead atoms. The van der Waals surface area contributed by atoms with Gasteiger partial charge in [0.15, 0.2) is 0 Å². The lowest BCUT2D eigenvalue weighted by Gasteiger charge is -2.28. The van der Waals surface area contributed by atoms with E-state index < -0.39 is 0 Å². The average molecular weight is 369 g/mol. The second kappa shape index (κ2) is 7.72. The summed E-state index contributed by atoms with van der Waals surface area (Å²) < 4.78 is 11.3. The molecule has 0 spiro atoms. The Morgan fingerprint density at radius 1 is 1.30 bits per heavy atom. The van der Waals surface area contributed by atoms with E-state index in [1.54, 1.807) is 0 Å². The molecule has 27 heavy (non-hydrogen) atoms. The number of benzene rings is 1. The fourth-order valence-electron chi connectivity index (χ4n) is 3.66. The molecule has 1 amide bonds. The highest BCUT2D eigenvalue weighted by Crippen LogP contribution is 2.36. The summed E-state index contributed by atoms with van der Waals surface area (Å²) in [6, 6.07) is 8.64. The van der Waals surface area contributed by atoms with E-state index in [4.69, 9.17) is 9.26 Å². The molecule has 0 atom stereocenters. The molecule has 2 aromatic rings. The average Bonchev–Trinajstić information content (AvgIpc) is 3.45. The lowest BCUT2D eigenvalue weighted by molar-refractivity contribution is -0.132. The number of hydrogen-bond donors (Lipinski definition) is 0. The van der Waals surface area contributed by atoms with Crippen LogP contribution in [0.3, 0.4) is 0 Å². The van der Waals surface area contributed by atoms with Gasteiger partial charge in [-0.2, -0.15) is 0 Å². The van der Waals surface area contributed by atoms with Crippen LogP contribution in [0.2, 0.25) is 0 Å². The predicted molar refractivity (Wildman–Crippen MR) is 104 cm³/mol. The van der Waals surface area contributed by atoms with Crippen LogP contribution in [0.15, 0.2) is 28.8 Å². The summed E-state index contributed by atoms with van der Waals surface area (Å²) in [5.41, 5.74) is 4.07. The van der Waals surface area contributed by atoms with E-state index in [-0.39, 0.29) is 5.91 Å². The molecule has 2 heterocycles. The number of anilines is 1. The number of aromatic nitrogens is 1. The number of hydrogen-bond acceptors (Lipinski definition) is 5. The van der Waals surface area contributed by atoms with Crippen molar-refractivity contribution >= 4 is 11.8 Å². The first-order valence-corrected chi connectivity index (χ1v) is 9.85. The molecule has 1 aliphatic heterocycles. The molecule has 0 N–H and O–H groups in total. The van der Waals surface area contributed by atoms with Crippen molar-refractivity contribution in [2.75, 3.05) is 31.2 Å². The lowest BCUT2D eigenvalue weighted by atomic mass is 10.0. The van der Waals surface area contributed by atoms with E-state index in [0.29, 0.717) is 32.2 Å². The fourth-order valence-corrected chi connectivity index (χ4v) is 3.66. The van der Waals surface area contributed by atoms with E-state index in [0.717, 1.165) is 48.6 Å². The van der Waals surface area contributed by atoms with Crippen molar-refractivity contribution in [3.05, 3.63) is 35.4 Å². The van der Waals surface area contributed by atoms with Crippen LogP contribution in [-0.2, 0) is 16.1 Å². The third kappa shape index (κ3) is 3.86. The van der Waals surface area contributed by atoms with Crippen LogP contribution >= 0.6 is 0 Å². The summed E-state index contributed by atoms with van der Waals surface area (Å²) in [5, 5.41) is 4.43. The number of carbonyl (C=O) groups excluding carboxylic acids is 1. The highest BCUT2D eigenvalue weighted by molar-refractivity contribution is 5.77. The Morgan fingerprint density at radius 3 is 2.74 bits per heavy atom. The van der Waals surface area contributed by atoms with Crippen LogP contribution < -0.4 is 4.90 Å². The summed E-state index contributed by atoms with van der Waals surface area (Å²) in [7, 11) is 0.